The Morgan fingerprint density at radius 1 is 0.630 bits per heavy atom. The molecule has 0 aliphatic rings. The van der Waals surface area contributed by atoms with Gasteiger partial charge in [-0.15, -0.1) is 0 Å². The molecule has 0 amide bonds. The fourth-order valence-electron chi connectivity index (χ4n) is 3.67. The summed E-state index contributed by atoms with van der Waals surface area (Å²) in [6.45, 7) is 9.68. The summed E-state index contributed by atoms with van der Waals surface area (Å²) in [4.78, 5) is 12.5. The van der Waals surface area contributed by atoms with Crippen LogP contribution in [0.25, 0.3) is 0 Å². The molecule has 1 atom stereocenters. The van der Waals surface area contributed by atoms with Gasteiger partial charge in [-0.1, -0.05) is 118 Å². The van der Waals surface area contributed by atoms with E-state index in [4.69, 9.17) is 4.74 Å². The summed E-state index contributed by atoms with van der Waals surface area (Å²) in [5.74, 6) is 1.03. The summed E-state index contributed by atoms with van der Waals surface area (Å²) < 4.78 is 5.63. The molecule has 0 heterocycles. The van der Waals surface area contributed by atoms with Gasteiger partial charge in [0.15, 0.2) is 0 Å². The third-order valence-electron chi connectivity index (χ3n) is 5.57. The van der Waals surface area contributed by atoms with Crippen LogP contribution in [-0.2, 0) is 9.53 Å². The molecule has 0 fully saturated rings. The molecule has 1 unspecified atom stereocenters. The lowest BCUT2D eigenvalue weighted by atomic mass is 9.94. The molecule has 0 N–H and O–H groups in total. The monoisotopic (exact) mass is 382 g/mol. The van der Waals surface area contributed by atoms with Gasteiger partial charge in [-0.05, 0) is 25.2 Å². The second-order valence-corrected chi connectivity index (χ2v) is 8.87. The highest BCUT2D eigenvalue weighted by atomic mass is 16.5. The zero-order valence-electron chi connectivity index (χ0n) is 19.2. The fraction of sp³-hybridized carbons (Fsp3) is 0.960. The Labute approximate surface area is 171 Å². The van der Waals surface area contributed by atoms with Crippen LogP contribution in [0.15, 0.2) is 0 Å². The van der Waals surface area contributed by atoms with Crippen molar-refractivity contribution in [2.24, 2.45) is 11.8 Å². The highest BCUT2D eigenvalue weighted by Crippen LogP contribution is 2.20. The summed E-state index contributed by atoms with van der Waals surface area (Å²) in [6, 6.07) is 0. The Morgan fingerprint density at radius 3 is 1.67 bits per heavy atom. The van der Waals surface area contributed by atoms with Crippen molar-refractivity contribution >= 4 is 5.97 Å². The zero-order valence-corrected chi connectivity index (χ0v) is 19.2. The van der Waals surface area contributed by atoms with E-state index in [-0.39, 0.29) is 11.9 Å². The first-order chi connectivity index (χ1) is 13.1. The minimum atomic E-state index is 0.0827. The Balaban J connectivity index is 3.90. The van der Waals surface area contributed by atoms with Gasteiger partial charge in [-0.25, -0.2) is 0 Å². The first-order valence-electron chi connectivity index (χ1n) is 12.3. The summed E-state index contributed by atoms with van der Waals surface area (Å²) in [6.07, 6.45) is 21.0. The minimum Gasteiger partial charge on any atom is -0.465 e. The van der Waals surface area contributed by atoms with E-state index in [1.54, 1.807) is 0 Å². The summed E-state index contributed by atoms with van der Waals surface area (Å²) in [5.41, 5.74) is 0. The molecule has 0 aromatic rings. The van der Waals surface area contributed by atoms with Crippen molar-refractivity contribution < 1.29 is 9.53 Å². The van der Waals surface area contributed by atoms with Gasteiger partial charge in [0, 0.05) is 0 Å². The van der Waals surface area contributed by atoms with Crippen LogP contribution in [0, 0.1) is 11.8 Å². The van der Waals surface area contributed by atoms with Gasteiger partial charge in [-0.3, -0.25) is 4.79 Å². The average Bonchev–Trinajstić information content (AvgIpc) is 2.64. The number of ether oxygens (including phenoxy) is 1. The van der Waals surface area contributed by atoms with Crippen LogP contribution in [0.3, 0.4) is 0 Å². The number of unbranched alkanes of at least 4 members (excludes halogenated alkanes) is 11. The molecule has 2 heteroatoms. The number of rotatable bonds is 20. The normalized spacial score (nSPS) is 12.5. The first kappa shape index (κ1) is 26.5. The van der Waals surface area contributed by atoms with E-state index in [1.807, 2.05) is 0 Å². The molecule has 0 radical (unpaired) electrons. The lowest BCUT2D eigenvalue weighted by Gasteiger charge is -2.16. The van der Waals surface area contributed by atoms with Crippen molar-refractivity contribution in [2.45, 2.75) is 137 Å². The van der Waals surface area contributed by atoms with Crippen LogP contribution >= 0.6 is 0 Å². The smallest absolute Gasteiger partial charge is 0.308 e. The second-order valence-electron chi connectivity index (χ2n) is 8.87. The number of esters is 1. The highest BCUT2D eigenvalue weighted by Gasteiger charge is 2.19. The summed E-state index contributed by atoms with van der Waals surface area (Å²) in [5, 5.41) is 0. The van der Waals surface area contributed by atoms with Gasteiger partial charge >= 0.3 is 5.97 Å². The Kier molecular flexibility index (Phi) is 19.8. The van der Waals surface area contributed by atoms with Crippen LogP contribution in [0.2, 0.25) is 0 Å². The Hall–Kier alpha value is -0.530. The molecule has 27 heavy (non-hydrogen) atoms. The number of carbonyl (C=O) groups is 1. The van der Waals surface area contributed by atoms with Gasteiger partial charge in [0.1, 0.15) is 0 Å². The third kappa shape index (κ3) is 18.6. The van der Waals surface area contributed by atoms with E-state index in [9.17, 15) is 4.79 Å². The van der Waals surface area contributed by atoms with E-state index < -0.39 is 0 Å². The van der Waals surface area contributed by atoms with Crippen LogP contribution < -0.4 is 0 Å². The van der Waals surface area contributed by atoms with Crippen LogP contribution in [0.4, 0.5) is 0 Å². The minimum absolute atomic E-state index is 0.0827. The molecular weight excluding hydrogens is 332 g/mol. The maximum absolute atomic E-state index is 12.5. The molecule has 0 aliphatic heterocycles. The SMILES string of the molecule is CCCCCCCCCC(CCCCC)C(=O)OCCCCCCC(C)C. The molecule has 0 aliphatic carbocycles. The van der Waals surface area contributed by atoms with Crippen LogP contribution in [0.1, 0.15) is 137 Å². The lowest BCUT2D eigenvalue weighted by molar-refractivity contribution is -0.149. The van der Waals surface area contributed by atoms with Gasteiger partial charge in [0.25, 0.3) is 0 Å². The van der Waals surface area contributed by atoms with E-state index in [0.29, 0.717) is 6.61 Å². The number of hydrogen-bond donors (Lipinski definition) is 0. The largest absolute Gasteiger partial charge is 0.465 e. The van der Waals surface area contributed by atoms with E-state index >= 15 is 0 Å². The lowest BCUT2D eigenvalue weighted by Crippen LogP contribution is -2.18. The zero-order chi connectivity index (χ0) is 20.2. The fourth-order valence-corrected chi connectivity index (χ4v) is 3.67. The van der Waals surface area contributed by atoms with E-state index in [2.05, 4.69) is 27.7 Å². The maximum atomic E-state index is 12.5. The number of hydrogen-bond acceptors (Lipinski definition) is 2. The molecule has 0 spiro atoms. The first-order valence-corrected chi connectivity index (χ1v) is 12.3. The van der Waals surface area contributed by atoms with Crippen molar-refractivity contribution in [1.82, 2.24) is 0 Å². The van der Waals surface area contributed by atoms with Gasteiger partial charge in [-0.2, -0.15) is 0 Å². The van der Waals surface area contributed by atoms with Crippen LogP contribution in [-0.4, -0.2) is 12.6 Å². The van der Waals surface area contributed by atoms with Crippen molar-refractivity contribution in [3.63, 3.8) is 0 Å². The van der Waals surface area contributed by atoms with Gasteiger partial charge in [0.2, 0.25) is 0 Å². The van der Waals surface area contributed by atoms with E-state index in [0.717, 1.165) is 25.2 Å². The number of carbonyl (C=O) groups excluding carboxylic acids is 1. The molecule has 0 aromatic heterocycles. The average molecular weight is 383 g/mol. The molecule has 0 rings (SSSR count). The molecule has 0 aromatic carbocycles. The van der Waals surface area contributed by atoms with E-state index in [1.165, 1.54) is 89.9 Å². The summed E-state index contributed by atoms with van der Waals surface area (Å²) in [7, 11) is 0. The van der Waals surface area contributed by atoms with Gasteiger partial charge < -0.3 is 4.74 Å². The molecule has 0 saturated heterocycles. The van der Waals surface area contributed by atoms with Crippen molar-refractivity contribution in [2.75, 3.05) is 6.61 Å². The second kappa shape index (κ2) is 20.2. The predicted octanol–water partition coefficient (Wildman–Crippen LogP) is 8.47. The molecule has 2 nitrogen and oxygen atoms in total. The molecular formula is C25H50O2. The van der Waals surface area contributed by atoms with Crippen molar-refractivity contribution in [1.29, 1.82) is 0 Å². The molecule has 162 valence electrons. The third-order valence-corrected chi connectivity index (χ3v) is 5.57. The molecule has 0 bridgehead atoms. The highest BCUT2D eigenvalue weighted by molar-refractivity contribution is 5.72. The van der Waals surface area contributed by atoms with Crippen LogP contribution in [0.5, 0.6) is 0 Å². The quantitative estimate of drug-likeness (QED) is 0.156. The standard InChI is InChI=1S/C25H50O2/c1-5-7-9-10-11-12-17-21-24(20-15-8-6-2)25(26)27-22-18-14-13-16-19-23(3)4/h23-24H,5-22H2,1-4H3. The van der Waals surface area contributed by atoms with Crippen molar-refractivity contribution in [3.8, 4) is 0 Å². The Bertz CT molecular complexity index is 311. The topological polar surface area (TPSA) is 26.3 Å². The Morgan fingerprint density at radius 2 is 1.07 bits per heavy atom. The predicted molar refractivity (Wildman–Crippen MR) is 119 cm³/mol. The van der Waals surface area contributed by atoms with Gasteiger partial charge in [0.05, 0.1) is 12.5 Å². The maximum Gasteiger partial charge on any atom is 0.308 e. The summed E-state index contributed by atoms with van der Waals surface area (Å²) >= 11 is 0. The van der Waals surface area contributed by atoms with Crippen molar-refractivity contribution in [3.05, 3.63) is 0 Å². The molecule has 0 saturated carbocycles.